The minimum atomic E-state index is 0.298. The van der Waals surface area contributed by atoms with Crippen molar-refractivity contribution >= 4 is 5.78 Å². The molecule has 2 atom stereocenters. The molecule has 0 saturated heterocycles. The highest BCUT2D eigenvalue weighted by Gasteiger charge is 2.13. The van der Waals surface area contributed by atoms with Crippen molar-refractivity contribution in [2.45, 2.75) is 77.0 Å². The maximum atomic E-state index is 12.3. The zero-order valence-corrected chi connectivity index (χ0v) is 17.2. The first-order valence-corrected chi connectivity index (χ1v) is 10.6. The van der Waals surface area contributed by atoms with Crippen molar-refractivity contribution < 1.29 is 15.0 Å². The number of ketones is 1. The first-order chi connectivity index (χ1) is 13.5. The maximum Gasteiger partial charge on any atom is 0.132 e. The van der Waals surface area contributed by atoms with Crippen LogP contribution < -0.4 is 0 Å². The molecule has 0 aromatic heterocycles. The van der Waals surface area contributed by atoms with E-state index in [2.05, 4.69) is 13.8 Å². The number of phenols is 2. The minimum absolute atomic E-state index is 0.298. The molecule has 3 heteroatoms. The molecular weight excluding hydrogens is 348 g/mol. The number of phenolic OH excluding ortho intramolecular Hbond substituents is 2. The van der Waals surface area contributed by atoms with Crippen LogP contribution in [0.15, 0.2) is 48.5 Å². The van der Waals surface area contributed by atoms with Gasteiger partial charge in [-0.1, -0.05) is 38.1 Å². The van der Waals surface area contributed by atoms with Gasteiger partial charge in [0.05, 0.1) is 0 Å². The molecule has 2 N–H and O–H groups in total. The number of rotatable bonds is 12. The van der Waals surface area contributed by atoms with Crippen molar-refractivity contribution in [1.82, 2.24) is 0 Å². The summed E-state index contributed by atoms with van der Waals surface area (Å²) in [5.41, 5.74) is 2.49. The third-order valence-electron chi connectivity index (χ3n) is 5.73. The summed E-state index contributed by atoms with van der Waals surface area (Å²) in [4.78, 5) is 12.3. The van der Waals surface area contributed by atoms with Crippen LogP contribution in [0.2, 0.25) is 0 Å². The molecule has 0 aliphatic rings. The van der Waals surface area contributed by atoms with Gasteiger partial charge in [0.25, 0.3) is 0 Å². The zero-order chi connectivity index (χ0) is 20.4. The highest BCUT2D eigenvalue weighted by Crippen LogP contribution is 2.28. The van der Waals surface area contributed by atoms with Gasteiger partial charge in [0.2, 0.25) is 0 Å². The van der Waals surface area contributed by atoms with Crippen molar-refractivity contribution in [1.29, 1.82) is 0 Å². The Balaban J connectivity index is 1.70. The Kier molecular flexibility index (Phi) is 9.06. The Morgan fingerprint density at radius 1 is 0.714 bits per heavy atom. The summed E-state index contributed by atoms with van der Waals surface area (Å²) in [6, 6.07) is 14.9. The maximum absolute atomic E-state index is 12.3. The molecule has 0 bridgehead atoms. The predicted molar refractivity (Wildman–Crippen MR) is 115 cm³/mol. The van der Waals surface area contributed by atoms with Gasteiger partial charge in [-0.15, -0.1) is 0 Å². The van der Waals surface area contributed by atoms with Crippen molar-refractivity contribution in [3.05, 3.63) is 59.7 Å². The molecule has 0 aliphatic carbocycles. The van der Waals surface area contributed by atoms with Gasteiger partial charge in [-0.3, -0.25) is 4.79 Å². The summed E-state index contributed by atoms with van der Waals surface area (Å²) in [6.45, 7) is 4.35. The molecule has 0 fully saturated rings. The Bertz CT molecular complexity index is 642. The average Bonchev–Trinajstić information content (AvgIpc) is 2.70. The smallest absolute Gasteiger partial charge is 0.132 e. The van der Waals surface area contributed by atoms with E-state index in [1.54, 1.807) is 24.3 Å². The number of carbonyl (C=O) groups is 1. The van der Waals surface area contributed by atoms with Crippen LogP contribution in [0, 0.1) is 0 Å². The summed E-state index contributed by atoms with van der Waals surface area (Å²) >= 11 is 0. The van der Waals surface area contributed by atoms with Gasteiger partial charge in [-0.25, -0.2) is 0 Å². The molecule has 2 aromatic rings. The number of hydrogen-bond acceptors (Lipinski definition) is 3. The summed E-state index contributed by atoms with van der Waals surface area (Å²) in [7, 11) is 0. The summed E-state index contributed by atoms with van der Waals surface area (Å²) < 4.78 is 0. The van der Waals surface area contributed by atoms with Crippen LogP contribution in [0.4, 0.5) is 0 Å². The standard InChI is InChI=1S/C25H34O3/c1-3-19(21-11-15-24(27)16-12-21)7-5-9-23(26)10-6-8-20(4-2)22-13-17-25(28)18-14-22/h11-20,27-28H,3-10H2,1-2H3. The van der Waals surface area contributed by atoms with Gasteiger partial charge in [0.1, 0.15) is 17.3 Å². The molecule has 2 aromatic carbocycles. The first kappa shape index (κ1) is 22.0. The topological polar surface area (TPSA) is 57.5 Å². The fourth-order valence-electron chi connectivity index (χ4n) is 3.92. The SMILES string of the molecule is CCC(CCCC(=O)CCCC(CC)c1ccc(O)cc1)c1ccc(O)cc1. The van der Waals surface area contributed by atoms with Gasteiger partial charge >= 0.3 is 0 Å². The van der Waals surface area contributed by atoms with Gasteiger partial charge < -0.3 is 10.2 Å². The molecule has 0 amide bonds. The lowest BCUT2D eigenvalue weighted by molar-refractivity contribution is -0.119. The number of benzene rings is 2. The lowest BCUT2D eigenvalue weighted by Gasteiger charge is -2.16. The third kappa shape index (κ3) is 7.03. The first-order valence-electron chi connectivity index (χ1n) is 10.6. The molecule has 0 aliphatic heterocycles. The van der Waals surface area contributed by atoms with Gasteiger partial charge in [0.15, 0.2) is 0 Å². The fraction of sp³-hybridized carbons (Fsp3) is 0.480. The second kappa shape index (κ2) is 11.5. The molecule has 0 radical (unpaired) electrons. The fourth-order valence-corrected chi connectivity index (χ4v) is 3.92. The average molecular weight is 383 g/mol. The van der Waals surface area contributed by atoms with Crippen LogP contribution in [0.25, 0.3) is 0 Å². The Labute approximate surface area is 169 Å². The van der Waals surface area contributed by atoms with Crippen LogP contribution in [-0.2, 0) is 4.79 Å². The lowest BCUT2D eigenvalue weighted by atomic mass is 9.89. The third-order valence-corrected chi connectivity index (χ3v) is 5.73. The number of Topliss-reactive ketones (excluding diaryl/α,β-unsaturated/α-hetero) is 1. The highest BCUT2D eigenvalue weighted by atomic mass is 16.3. The van der Waals surface area contributed by atoms with Gasteiger partial charge in [-0.2, -0.15) is 0 Å². The van der Waals surface area contributed by atoms with Crippen LogP contribution in [-0.4, -0.2) is 16.0 Å². The molecule has 0 saturated carbocycles. The molecule has 152 valence electrons. The van der Waals surface area contributed by atoms with Crippen molar-refractivity contribution in [3.63, 3.8) is 0 Å². The Morgan fingerprint density at radius 3 is 1.39 bits per heavy atom. The highest BCUT2D eigenvalue weighted by molar-refractivity contribution is 5.78. The van der Waals surface area contributed by atoms with Crippen LogP contribution in [0.1, 0.15) is 88.2 Å². The van der Waals surface area contributed by atoms with Crippen LogP contribution in [0.3, 0.4) is 0 Å². The molecular formula is C25H34O3. The quantitative estimate of drug-likeness (QED) is 0.430. The van der Waals surface area contributed by atoms with Crippen molar-refractivity contribution in [2.24, 2.45) is 0 Å². The van der Waals surface area contributed by atoms with E-state index in [0.29, 0.717) is 42.0 Å². The summed E-state index contributed by atoms with van der Waals surface area (Å²) in [6.07, 6.45) is 7.28. The molecule has 0 heterocycles. The number of carbonyl (C=O) groups excluding carboxylic acids is 1. The molecule has 0 spiro atoms. The van der Waals surface area contributed by atoms with Crippen molar-refractivity contribution in [3.8, 4) is 11.5 Å². The lowest BCUT2D eigenvalue weighted by Crippen LogP contribution is -2.03. The van der Waals surface area contributed by atoms with Crippen LogP contribution >= 0.6 is 0 Å². The number of aromatic hydroxyl groups is 2. The van der Waals surface area contributed by atoms with Crippen molar-refractivity contribution in [2.75, 3.05) is 0 Å². The zero-order valence-electron chi connectivity index (χ0n) is 17.2. The molecule has 3 nitrogen and oxygen atoms in total. The van der Waals surface area contributed by atoms with Crippen LogP contribution in [0.5, 0.6) is 11.5 Å². The van der Waals surface area contributed by atoms with E-state index in [4.69, 9.17) is 0 Å². The second-order valence-corrected chi connectivity index (χ2v) is 7.72. The molecule has 2 unspecified atom stereocenters. The molecule has 28 heavy (non-hydrogen) atoms. The summed E-state index contributed by atoms with van der Waals surface area (Å²) in [5.74, 6) is 1.86. The van der Waals surface area contributed by atoms with E-state index < -0.39 is 0 Å². The monoisotopic (exact) mass is 382 g/mol. The van der Waals surface area contributed by atoms with E-state index in [0.717, 1.165) is 38.5 Å². The van der Waals surface area contributed by atoms with E-state index >= 15 is 0 Å². The largest absolute Gasteiger partial charge is 0.508 e. The number of hydrogen-bond donors (Lipinski definition) is 2. The van der Waals surface area contributed by atoms with Gasteiger partial charge in [-0.05, 0) is 85.8 Å². The minimum Gasteiger partial charge on any atom is -0.508 e. The van der Waals surface area contributed by atoms with E-state index in [-0.39, 0.29) is 0 Å². The Morgan fingerprint density at radius 2 is 1.07 bits per heavy atom. The van der Waals surface area contributed by atoms with E-state index in [1.807, 2.05) is 24.3 Å². The van der Waals surface area contributed by atoms with E-state index in [9.17, 15) is 15.0 Å². The summed E-state index contributed by atoms with van der Waals surface area (Å²) in [5, 5.41) is 18.9. The predicted octanol–water partition coefficient (Wildman–Crippen LogP) is 6.69. The second-order valence-electron chi connectivity index (χ2n) is 7.72. The normalized spacial score (nSPS) is 13.2. The molecule has 2 rings (SSSR count). The Hall–Kier alpha value is -2.29. The van der Waals surface area contributed by atoms with Gasteiger partial charge in [0, 0.05) is 12.8 Å². The van der Waals surface area contributed by atoms with E-state index in [1.165, 1.54) is 11.1 Å².